The molecule has 2 aromatic heterocycles. The van der Waals surface area contributed by atoms with Crippen LogP contribution < -0.4 is 0 Å². The molecule has 4 aromatic rings. The molecule has 0 atom stereocenters. The van der Waals surface area contributed by atoms with E-state index in [0.717, 1.165) is 22.0 Å². The Morgan fingerprint density at radius 2 is 1.79 bits per heavy atom. The lowest BCUT2D eigenvalue weighted by atomic mass is 10.0. The van der Waals surface area contributed by atoms with Crippen molar-refractivity contribution in [3.8, 4) is 11.1 Å². The zero-order chi connectivity index (χ0) is 16.8. The molecule has 0 saturated carbocycles. The fourth-order valence-electron chi connectivity index (χ4n) is 3.00. The number of H-pyrrole nitrogens is 2. The minimum absolute atomic E-state index is 0.00872. The van der Waals surface area contributed by atoms with Crippen LogP contribution in [0.15, 0.2) is 48.8 Å². The topological polar surface area (TPSA) is 112 Å². The second-order valence-corrected chi connectivity index (χ2v) is 5.42. The maximum atomic E-state index is 11.3. The molecule has 0 unspecified atom stereocenters. The standard InChI is InChI=1S/C17H11N3O4/c21-17(22)11-3-1-2-10-13(8-19-16(10)11)14-7-18-15-5-4-9(20(23)24)6-12(14)15/h1-8,18-19H,(H,21,22). The first-order chi connectivity index (χ1) is 11.6. The summed E-state index contributed by atoms with van der Waals surface area (Å²) < 4.78 is 0. The minimum atomic E-state index is -1.01. The van der Waals surface area contributed by atoms with Gasteiger partial charge in [-0.3, -0.25) is 10.1 Å². The number of nitrogens with zero attached hydrogens (tertiary/aromatic N) is 1. The largest absolute Gasteiger partial charge is 0.478 e. The smallest absolute Gasteiger partial charge is 0.337 e. The van der Waals surface area contributed by atoms with Crippen LogP contribution in [0, 0.1) is 10.1 Å². The third-order valence-electron chi connectivity index (χ3n) is 4.11. The van der Waals surface area contributed by atoms with Crippen LogP contribution >= 0.6 is 0 Å². The van der Waals surface area contributed by atoms with Gasteiger partial charge in [-0.1, -0.05) is 12.1 Å². The molecular weight excluding hydrogens is 310 g/mol. The number of nitrogens with one attached hydrogen (secondary N) is 2. The molecule has 0 radical (unpaired) electrons. The third-order valence-corrected chi connectivity index (χ3v) is 4.11. The Morgan fingerprint density at radius 3 is 2.54 bits per heavy atom. The van der Waals surface area contributed by atoms with Crippen molar-refractivity contribution in [1.29, 1.82) is 0 Å². The first-order valence-corrected chi connectivity index (χ1v) is 7.15. The van der Waals surface area contributed by atoms with Gasteiger partial charge in [0.15, 0.2) is 0 Å². The Morgan fingerprint density at radius 1 is 1.04 bits per heavy atom. The van der Waals surface area contributed by atoms with Gasteiger partial charge in [-0.05, 0) is 12.1 Å². The highest BCUT2D eigenvalue weighted by atomic mass is 16.6. The second-order valence-electron chi connectivity index (χ2n) is 5.42. The Kier molecular flexibility index (Phi) is 2.89. The number of hydrogen-bond donors (Lipinski definition) is 3. The van der Waals surface area contributed by atoms with Gasteiger partial charge in [0.2, 0.25) is 0 Å². The number of carbonyl (C=O) groups is 1. The summed E-state index contributed by atoms with van der Waals surface area (Å²) >= 11 is 0. The third kappa shape index (κ3) is 1.95. The average Bonchev–Trinajstić information content (AvgIpc) is 3.16. The molecule has 3 N–H and O–H groups in total. The van der Waals surface area contributed by atoms with E-state index < -0.39 is 10.9 Å². The number of fused-ring (bicyclic) bond motifs is 2. The van der Waals surface area contributed by atoms with Crippen molar-refractivity contribution < 1.29 is 14.8 Å². The molecule has 7 heteroatoms. The molecule has 0 aliphatic heterocycles. The summed E-state index contributed by atoms with van der Waals surface area (Å²) in [5.74, 6) is -1.01. The maximum Gasteiger partial charge on any atom is 0.337 e. The van der Waals surface area contributed by atoms with E-state index in [1.54, 1.807) is 24.5 Å². The highest BCUT2D eigenvalue weighted by molar-refractivity contribution is 6.10. The van der Waals surface area contributed by atoms with E-state index in [1.807, 2.05) is 6.07 Å². The molecule has 118 valence electrons. The zero-order valence-electron chi connectivity index (χ0n) is 12.2. The molecule has 24 heavy (non-hydrogen) atoms. The van der Waals surface area contributed by atoms with E-state index in [4.69, 9.17) is 0 Å². The van der Waals surface area contributed by atoms with E-state index in [0.29, 0.717) is 10.9 Å². The van der Waals surface area contributed by atoms with Crippen molar-refractivity contribution in [2.75, 3.05) is 0 Å². The summed E-state index contributed by atoms with van der Waals surface area (Å²) in [5, 5.41) is 21.8. The number of aromatic nitrogens is 2. The number of aromatic carboxylic acids is 1. The monoisotopic (exact) mass is 321 g/mol. The van der Waals surface area contributed by atoms with Gasteiger partial charge in [-0.15, -0.1) is 0 Å². The maximum absolute atomic E-state index is 11.3. The fourth-order valence-corrected chi connectivity index (χ4v) is 3.00. The van der Waals surface area contributed by atoms with Gasteiger partial charge < -0.3 is 15.1 Å². The predicted molar refractivity (Wildman–Crippen MR) is 89.2 cm³/mol. The molecule has 0 bridgehead atoms. The van der Waals surface area contributed by atoms with Crippen LogP contribution in [0.25, 0.3) is 32.9 Å². The molecular formula is C17H11N3O4. The number of benzene rings is 2. The van der Waals surface area contributed by atoms with Crippen molar-refractivity contribution in [3.63, 3.8) is 0 Å². The van der Waals surface area contributed by atoms with Crippen LogP contribution in [0.4, 0.5) is 5.69 Å². The number of rotatable bonds is 3. The molecule has 0 aliphatic carbocycles. The van der Waals surface area contributed by atoms with E-state index in [-0.39, 0.29) is 11.3 Å². The fraction of sp³-hybridized carbons (Fsp3) is 0. The molecule has 2 aromatic carbocycles. The van der Waals surface area contributed by atoms with Crippen LogP contribution in [0.5, 0.6) is 0 Å². The predicted octanol–water partition coefficient (Wildman–Crippen LogP) is 3.92. The van der Waals surface area contributed by atoms with Gasteiger partial charge in [-0.25, -0.2) is 4.79 Å². The first kappa shape index (κ1) is 14.0. The molecule has 2 heterocycles. The molecule has 0 fully saturated rings. The zero-order valence-corrected chi connectivity index (χ0v) is 12.2. The van der Waals surface area contributed by atoms with Crippen LogP contribution in [0.3, 0.4) is 0 Å². The molecule has 0 amide bonds. The molecule has 4 rings (SSSR count). The van der Waals surface area contributed by atoms with Crippen molar-refractivity contribution in [2.45, 2.75) is 0 Å². The summed E-state index contributed by atoms with van der Waals surface area (Å²) in [4.78, 5) is 28.0. The molecule has 0 aliphatic rings. The van der Waals surface area contributed by atoms with E-state index >= 15 is 0 Å². The lowest BCUT2D eigenvalue weighted by molar-refractivity contribution is -0.384. The Hall–Kier alpha value is -3.61. The number of hydrogen-bond acceptors (Lipinski definition) is 3. The molecule has 0 spiro atoms. The number of nitro benzene ring substituents is 1. The lowest BCUT2D eigenvalue weighted by Crippen LogP contribution is -1.96. The minimum Gasteiger partial charge on any atom is -0.478 e. The SMILES string of the molecule is O=C(O)c1cccc2c(-c3c[nH]c4ccc([N+](=O)[O-])cc34)c[nH]c12. The van der Waals surface area contributed by atoms with Gasteiger partial charge in [0.1, 0.15) is 0 Å². The van der Waals surface area contributed by atoms with Gasteiger partial charge in [-0.2, -0.15) is 0 Å². The number of para-hydroxylation sites is 1. The Labute approximate surface area is 134 Å². The number of carboxylic acids is 1. The van der Waals surface area contributed by atoms with Gasteiger partial charge in [0, 0.05) is 51.9 Å². The van der Waals surface area contributed by atoms with Gasteiger partial charge in [0.05, 0.1) is 16.0 Å². The number of carboxylic acid groups (broad SMARTS) is 1. The summed E-state index contributed by atoms with van der Waals surface area (Å²) in [6.07, 6.45) is 3.49. The summed E-state index contributed by atoms with van der Waals surface area (Å²) in [7, 11) is 0. The quantitative estimate of drug-likeness (QED) is 0.392. The van der Waals surface area contributed by atoms with Gasteiger partial charge in [0.25, 0.3) is 5.69 Å². The van der Waals surface area contributed by atoms with Crippen LogP contribution in [-0.2, 0) is 0 Å². The molecule has 7 nitrogen and oxygen atoms in total. The summed E-state index contributed by atoms with van der Waals surface area (Å²) in [5.41, 5.74) is 3.07. The summed E-state index contributed by atoms with van der Waals surface area (Å²) in [6, 6.07) is 9.66. The first-order valence-electron chi connectivity index (χ1n) is 7.15. The lowest BCUT2D eigenvalue weighted by Gasteiger charge is -2.00. The normalized spacial score (nSPS) is 11.2. The van der Waals surface area contributed by atoms with Crippen molar-refractivity contribution >= 4 is 33.5 Å². The van der Waals surface area contributed by atoms with E-state index in [2.05, 4.69) is 9.97 Å². The highest BCUT2D eigenvalue weighted by Crippen LogP contribution is 2.36. The van der Waals surface area contributed by atoms with Crippen molar-refractivity contribution in [2.24, 2.45) is 0 Å². The van der Waals surface area contributed by atoms with Crippen LogP contribution in [0.1, 0.15) is 10.4 Å². The number of aromatic amines is 2. The molecule has 0 saturated heterocycles. The number of nitro groups is 1. The van der Waals surface area contributed by atoms with E-state index in [1.165, 1.54) is 18.2 Å². The van der Waals surface area contributed by atoms with Crippen LogP contribution in [-0.4, -0.2) is 26.0 Å². The van der Waals surface area contributed by atoms with E-state index in [9.17, 15) is 20.0 Å². The van der Waals surface area contributed by atoms with Crippen molar-refractivity contribution in [1.82, 2.24) is 9.97 Å². The van der Waals surface area contributed by atoms with Crippen molar-refractivity contribution in [3.05, 3.63) is 64.5 Å². The highest BCUT2D eigenvalue weighted by Gasteiger charge is 2.17. The summed E-state index contributed by atoms with van der Waals surface area (Å²) in [6.45, 7) is 0. The Bertz CT molecular complexity index is 1120. The van der Waals surface area contributed by atoms with Crippen LogP contribution in [0.2, 0.25) is 0 Å². The van der Waals surface area contributed by atoms with Gasteiger partial charge >= 0.3 is 5.97 Å². The Balaban J connectivity index is 2.00. The second kappa shape index (κ2) is 4.95. The average molecular weight is 321 g/mol. The number of non-ortho nitro benzene ring substituents is 1.